The van der Waals surface area contributed by atoms with Crippen LogP contribution in [0.25, 0.3) is 0 Å². The number of rotatable bonds is 6. The average Bonchev–Trinajstić information content (AvgIpc) is 2.42. The first kappa shape index (κ1) is 17.2. The largest absolute Gasteiger partial charge is 0.492 e. The van der Waals surface area contributed by atoms with Crippen molar-refractivity contribution in [3.05, 3.63) is 30.1 Å². The van der Waals surface area contributed by atoms with Crippen LogP contribution in [0.2, 0.25) is 0 Å². The van der Waals surface area contributed by atoms with Crippen LogP contribution >= 0.6 is 12.4 Å². The third-order valence-corrected chi connectivity index (χ3v) is 3.67. The minimum absolute atomic E-state index is 0. The lowest BCUT2D eigenvalue weighted by Gasteiger charge is -2.32. The van der Waals surface area contributed by atoms with Gasteiger partial charge in [-0.2, -0.15) is 0 Å². The van der Waals surface area contributed by atoms with Crippen LogP contribution in [0.15, 0.2) is 24.3 Å². The molecule has 114 valence electrons. The molecule has 5 heteroatoms. The lowest BCUT2D eigenvalue weighted by Crippen LogP contribution is -2.38. The molecule has 0 amide bonds. The molecule has 1 unspecified atom stereocenters. The molecule has 1 fully saturated rings. The Morgan fingerprint density at radius 3 is 2.75 bits per heavy atom. The molecule has 1 heterocycles. The molecule has 0 radical (unpaired) electrons. The zero-order valence-electron chi connectivity index (χ0n) is 11.8. The van der Waals surface area contributed by atoms with Gasteiger partial charge in [-0.05, 0) is 62.5 Å². The first-order valence-electron chi connectivity index (χ1n) is 7.08. The Kier molecular flexibility index (Phi) is 7.88. The number of hydrogen-bond acceptors (Lipinski definition) is 3. The van der Waals surface area contributed by atoms with E-state index in [2.05, 4.69) is 4.90 Å². The van der Waals surface area contributed by atoms with Gasteiger partial charge in [0.2, 0.25) is 0 Å². The Hall–Kier alpha value is -0.840. The van der Waals surface area contributed by atoms with Gasteiger partial charge in [-0.25, -0.2) is 4.39 Å². The summed E-state index contributed by atoms with van der Waals surface area (Å²) >= 11 is 0. The molecule has 1 atom stereocenters. The van der Waals surface area contributed by atoms with Crippen LogP contribution in [0, 0.1) is 11.7 Å². The number of benzene rings is 1. The first-order valence-corrected chi connectivity index (χ1v) is 7.08. The van der Waals surface area contributed by atoms with E-state index in [9.17, 15) is 4.39 Å². The molecular formula is C15H24ClFN2O. The van der Waals surface area contributed by atoms with Gasteiger partial charge >= 0.3 is 0 Å². The topological polar surface area (TPSA) is 38.5 Å². The number of halogens is 2. The summed E-state index contributed by atoms with van der Waals surface area (Å²) in [5.41, 5.74) is 5.62. The fraction of sp³-hybridized carbons (Fsp3) is 0.600. The van der Waals surface area contributed by atoms with E-state index in [4.69, 9.17) is 10.5 Å². The standard InChI is InChI=1S/C15H23FN2O.ClH/c16-14-3-5-15(6-4-14)19-11-10-18-9-1-2-13(12-18)7-8-17;/h3-6,13H,1-2,7-12,17H2;1H. The highest BCUT2D eigenvalue weighted by Gasteiger charge is 2.18. The molecule has 1 aliphatic rings. The molecule has 3 nitrogen and oxygen atoms in total. The predicted molar refractivity (Wildman–Crippen MR) is 82.0 cm³/mol. The summed E-state index contributed by atoms with van der Waals surface area (Å²) in [4.78, 5) is 2.44. The molecular weight excluding hydrogens is 279 g/mol. The highest BCUT2D eigenvalue weighted by molar-refractivity contribution is 5.85. The molecule has 2 rings (SSSR count). The van der Waals surface area contributed by atoms with Crippen molar-refractivity contribution in [3.8, 4) is 5.75 Å². The average molecular weight is 303 g/mol. The minimum atomic E-state index is -0.229. The number of nitrogens with zero attached hydrogens (tertiary/aromatic N) is 1. The summed E-state index contributed by atoms with van der Waals surface area (Å²) in [5, 5.41) is 0. The van der Waals surface area contributed by atoms with Crippen LogP contribution in [0.5, 0.6) is 5.75 Å². The second-order valence-electron chi connectivity index (χ2n) is 5.19. The molecule has 1 saturated heterocycles. The molecule has 0 bridgehead atoms. The Bertz CT molecular complexity index is 373. The molecule has 0 aromatic heterocycles. The Labute approximate surface area is 126 Å². The zero-order chi connectivity index (χ0) is 13.5. The highest BCUT2D eigenvalue weighted by atomic mass is 35.5. The maximum atomic E-state index is 12.7. The number of ether oxygens (including phenoxy) is 1. The van der Waals surface area contributed by atoms with Crippen molar-refractivity contribution in [1.29, 1.82) is 0 Å². The third kappa shape index (κ3) is 5.65. The van der Waals surface area contributed by atoms with Gasteiger partial charge in [0.15, 0.2) is 0 Å². The van der Waals surface area contributed by atoms with Gasteiger partial charge in [-0.3, -0.25) is 4.90 Å². The second kappa shape index (κ2) is 9.16. The van der Waals surface area contributed by atoms with Gasteiger partial charge < -0.3 is 10.5 Å². The normalized spacial score (nSPS) is 19.4. The van der Waals surface area contributed by atoms with Gasteiger partial charge in [0.1, 0.15) is 18.2 Å². The van der Waals surface area contributed by atoms with Gasteiger partial charge in [0.05, 0.1) is 0 Å². The Morgan fingerprint density at radius 2 is 2.05 bits per heavy atom. The number of likely N-dealkylation sites (tertiary alicyclic amines) is 1. The summed E-state index contributed by atoms with van der Waals surface area (Å²) in [5.74, 6) is 1.24. The van der Waals surface area contributed by atoms with Crippen molar-refractivity contribution in [2.75, 3.05) is 32.8 Å². The fourth-order valence-corrected chi connectivity index (χ4v) is 2.65. The van der Waals surface area contributed by atoms with Crippen LogP contribution < -0.4 is 10.5 Å². The first-order chi connectivity index (χ1) is 9.28. The Balaban J connectivity index is 0.00000200. The van der Waals surface area contributed by atoms with E-state index in [1.165, 1.54) is 25.0 Å². The van der Waals surface area contributed by atoms with Gasteiger partial charge in [0, 0.05) is 13.1 Å². The SMILES string of the molecule is Cl.NCCC1CCCN(CCOc2ccc(F)cc2)C1. The number of nitrogens with two attached hydrogens (primary N) is 1. The van der Waals surface area contributed by atoms with Gasteiger partial charge in [-0.15, -0.1) is 12.4 Å². The summed E-state index contributed by atoms with van der Waals surface area (Å²) < 4.78 is 18.4. The number of piperidine rings is 1. The van der Waals surface area contributed by atoms with Crippen LogP contribution in [0.4, 0.5) is 4.39 Å². The molecule has 1 aliphatic heterocycles. The minimum Gasteiger partial charge on any atom is -0.492 e. The fourth-order valence-electron chi connectivity index (χ4n) is 2.65. The smallest absolute Gasteiger partial charge is 0.123 e. The van der Waals surface area contributed by atoms with Crippen LogP contribution in [0.3, 0.4) is 0 Å². The van der Waals surface area contributed by atoms with Crippen molar-refractivity contribution in [2.24, 2.45) is 11.7 Å². The quantitative estimate of drug-likeness (QED) is 0.878. The molecule has 0 aliphatic carbocycles. The molecule has 2 N–H and O–H groups in total. The van der Waals surface area contributed by atoms with Gasteiger partial charge in [0.25, 0.3) is 0 Å². The van der Waals surface area contributed by atoms with E-state index < -0.39 is 0 Å². The van der Waals surface area contributed by atoms with E-state index >= 15 is 0 Å². The van der Waals surface area contributed by atoms with E-state index in [0.717, 1.165) is 44.3 Å². The number of hydrogen-bond donors (Lipinski definition) is 1. The highest BCUT2D eigenvalue weighted by Crippen LogP contribution is 2.19. The maximum absolute atomic E-state index is 12.7. The van der Waals surface area contributed by atoms with E-state index in [1.54, 1.807) is 12.1 Å². The molecule has 1 aromatic carbocycles. The molecule has 0 saturated carbocycles. The Morgan fingerprint density at radius 1 is 1.30 bits per heavy atom. The van der Waals surface area contributed by atoms with Crippen LogP contribution in [-0.4, -0.2) is 37.7 Å². The van der Waals surface area contributed by atoms with Crippen LogP contribution in [0.1, 0.15) is 19.3 Å². The summed E-state index contributed by atoms with van der Waals surface area (Å²) in [7, 11) is 0. The second-order valence-corrected chi connectivity index (χ2v) is 5.19. The molecule has 0 spiro atoms. The van der Waals surface area contributed by atoms with Crippen molar-refractivity contribution in [3.63, 3.8) is 0 Å². The summed E-state index contributed by atoms with van der Waals surface area (Å²) in [6, 6.07) is 6.19. The molecule has 20 heavy (non-hydrogen) atoms. The van der Waals surface area contributed by atoms with Crippen LogP contribution in [-0.2, 0) is 0 Å². The predicted octanol–water partition coefficient (Wildman–Crippen LogP) is 2.69. The van der Waals surface area contributed by atoms with E-state index in [1.807, 2.05) is 0 Å². The molecule has 1 aromatic rings. The lowest BCUT2D eigenvalue weighted by atomic mass is 9.95. The monoisotopic (exact) mass is 302 g/mol. The zero-order valence-corrected chi connectivity index (χ0v) is 12.6. The van der Waals surface area contributed by atoms with E-state index in [-0.39, 0.29) is 18.2 Å². The maximum Gasteiger partial charge on any atom is 0.123 e. The van der Waals surface area contributed by atoms with E-state index in [0.29, 0.717) is 6.61 Å². The van der Waals surface area contributed by atoms with Crippen molar-refractivity contribution < 1.29 is 9.13 Å². The lowest BCUT2D eigenvalue weighted by molar-refractivity contribution is 0.144. The van der Waals surface area contributed by atoms with Gasteiger partial charge in [-0.1, -0.05) is 0 Å². The van der Waals surface area contributed by atoms with Crippen molar-refractivity contribution in [2.45, 2.75) is 19.3 Å². The summed E-state index contributed by atoms with van der Waals surface area (Å²) in [6.45, 7) is 4.64. The summed E-state index contributed by atoms with van der Waals surface area (Å²) in [6.07, 6.45) is 3.67. The third-order valence-electron chi connectivity index (χ3n) is 3.67. The van der Waals surface area contributed by atoms with Crippen molar-refractivity contribution in [1.82, 2.24) is 4.90 Å². The van der Waals surface area contributed by atoms with Crippen molar-refractivity contribution >= 4 is 12.4 Å².